The van der Waals surface area contributed by atoms with Gasteiger partial charge in [0.05, 0.1) is 5.60 Å². The summed E-state index contributed by atoms with van der Waals surface area (Å²) in [5.41, 5.74) is -0.483. The van der Waals surface area contributed by atoms with E-state index >= 15 is 0 Å². The number of allylic oxidation sites excluding steroid dienone is 2. The molecule has 9 atom stereocenters. The second-order valence-corrected chi connectivity index (χ2v) is 12.2. The average molecular weight is 511 g/mol. The molecule has 9 unspecified atom stereocenters. The summed E-state index contributed by atoms with van der Waals surface area (Å²) in [6.07, 6.45) is 6.70. The van der Waals surface area contributed by atoms with Crippen LogP contribution in [-0.4, -0.2) is 46.4 Å². The van der Waals surface area contributed by atoms with Gasteiger partial charge in [0.25, 0.3) is 0 Å². The molecule has 7 nitrogen and oxygen atoms in total. The minimum atomic E-state index is -1.30. The van der Waals surface area contributed by atoms with Crippen molar-refractivity contribution in [1.82, 2.24) is 0 Å². The summed E-state index contributed by atoms with van der Waals surface area (Å²) in [7, 11) is 0. The van der Waals surface area contributed by atoms with Crippen LogP contribution in [0.25, 0.3) is 0 Å². The van der Waals surface area contributed by atoms with E-state index in [4.69, 9.17) is 9.47 Å². The van der Waals surface area contributed by atoms with Crippen molar-refractivity contribution < 1.29 is 33.8 Å². The SMILES string of the molecule is C=C1C(=O)OC2CC(C)C3(O)C=C(C(C)=O)C4(CC3CC12)C(=O)OC1CC(C)C(CCC(C)=O)=CCC14. The number of hydrogen-bond donors (Lipinski definition) is 1. The maximum atomic E-state index is 13.8. The predicted molar refractivity (Wildman–Crippen MR) is 135 cm³/mol. The highest BCUT2D eigenvalue weighted by Gasteiger charge is 2.66. The molecule has 2 heterocycles. The molecular formula is C30H38O7. The third-order valence-corrected chi connectivity index (χ3v) is 10.1. The van der Waals surface area contributed by atoms with Crippen molar-refractivity contribution in [1.29, 1.82) is 0 Å². The molecule has 1 N–H and O–H groups in total. The Morgan fingerprint density at radius 1 is 1.11 bits per heavy atom. The monoisotopic (exact) mass is 510 g/mol. The van der Waals surface area contributed by atoms with Gasteiger partial charge >= 0.3 is 11.9 Å². The van der Waals surface area contributed by atoms with Gasteiger partial charge in [0.2, 0.25) is 0 Å². The molecule has 37 heavy (non-hydrogen) atoms. The summed E-state index contributed by atoms with van der Waals surface area (Å²) < 4.78 is 11.6. The average Bonchev–Trinajstić information content (AvgIpc) is 3.09. The van der Waals surface area contributed by atoms with E-state index in [0.29, 0.717) is 49.7 Å². The van der Waals surface area contributed by atoms with Crippen molar-refractivity contribution in [3.05, 3.63) is 35.5 Å². The predicted octanol–water partition coefficient (Wildman–Crippen LogP) is 4.03. The number of rotatable bonds is 4. The highest BCUT2D eigenvalue weighted by molar-refractivity contribution is 6.03. The molecule has 0 amide bonds. The van der Waals surface area contributed by atoms with Gasteiger partial charge in [-0.25, -0.2) is 4.79 Å². The van der Waals surface area contributed by atoms with Gasteiger partial charge in [-0.2, -0.15) is 0 Å². The summed E-state index contributed by atoms with van der Waals surface area (Å²) in [5, 5.41) is 12.1. The number of Topliss-reactive ketones (excluding diaryl/α,β-unsaturated/α-hetero) is 2. The number of aliphatic hydroxyl groups is 1. The van der Waals surface area contributed by atoms with Crippen LogP contribution in [0, 0.1) is 35.0 Å². The number of carbonyl (C=O) groups excluding carboxylic acids is 4. The Morgan fingerprint density at radius 2 is 1.84 bits per heavy atom. The first-order valence-corrected chi connectivity index (χ1v) is 13.6. The molecule has 200 valence electrons. The maximum absolute atomic E-state index is 13.8. The lowest BCUT2D eigenvalue weighted by atomic mass is 9.54. The van der Waals surface area contributed by atoms with E-state index in [1.165, 1.54) is 12.5 Å². The number of fused-ring (bicyclic) bond motifs is 4. The molecule has 3 aliphatic carbocycles. The van der Waals surface area contributed by atoms with Gasteiger partial charge in [0.15, 0.2) is 5.78 Å². The smallest absolute Gasteiger partial charge is 0.334 e. The van der Waals surface area contributed by atoms with E-state index in [2.05, 4.69) is 19.6 Å². The quantitative estimate of drug-likeness (QED) is 0.346. The molecule has 0 bridgehead atoms. The first kappa shape index (κ1) is 26.1. The van der Waals surface area contributed by atoms with Crippen LogP contribution in [0.4, 0.5) is 0 Å². The lowest BCUT2D eigenvalue weighted by Crippen LogP contribution is -2.53. The van der Waals surface area contributed by atoms with E-state index in [0.717, 1.165) is 0 Å². The minimum absolute atomic E-state index is 0.144. The van der Waals surface area contributed by atoms with Gasteiger partial charge in [-0.15, -0.1) is 0 Å². The molecule has 2 aliphatic heterocycles. The second kappa shape index (κ2) is 9.04. The van der Waals surface area contributed by atoms with E-state index < -0.39 is 11.0 Å². The number of ketones is 2. The molecule has 0 aromatic rings. The summed E-state index contributed by atoms with van der Waals surface area (Å²) in [6, 6.07) is 0. The molecule has 0 radical (unpaired) electrons. The minimum Gasteiger partial charge on any atom is -0.461 e. The normalized spacial score (nSPS) is 42.9. The van der Waals surface area contributed by atoms with Gasteiger partial charge in [0.1, 0.15) is 23.4 Å². The van der Waals surface area contributed by atoms with Crippen molar-refractivity contribution >= 4 is 23.5 Å². The molecular weight excluding hydrogens is 472 g/mol. The van der Waals surface area contributed by atoms with E-state index in [1.54, 1.807) is 13.0 Å². The van der Waals surface area contributed by atoms with E-state index in [-0.39, 0.29) is 71.7 Å². The fourth-order valence-electron chi connectivity index (χ4n) is 7.95. The van der Waals surface area contributed by atoms with Gasteiger partial charge in [0, 0.05) is 29.4 Å². The Balaban J connectivity index is 1.57. The van der Waals surface area contributed by atoms with E-state index in [9.17, 15) is 24.3 Å². The number of esters is 2. The van der Waals surface area contributed by atoms with Crippen LogP contribution in [0.2, 0.25) is 0 Å². The lowest BCUT2D eigenvalue weighted by molar-refractivity contribution is -0.151. The van der Waals surface area contributed by atoms with Crippen LogP contribution in [0.15, 0.2) is 35.5 Å². The summed E-state index contributed by atoms with van der Waals surface area (Å²) in [4.78, 5) is 50.8. The van der Waals surface area contributed by atoms with Crippen molar-refractivity contribution in [2.45, 2.75) is 90.4 Å². The third-order valence-electron chi connectivity index (χ3n) is 10.1. The first-order chi connectivity index (χ1) is 17.4. The fraction of sp³-hybridized carbons (Fsp3) is 0.667. The molecule has 1 spiro atoms. The Morgan fingerprint density at radius 3 is 2.51 bits per heavy atom. The zero-order valence-electron chi connectivity index (χ0n) is 22.2. The topological polar surface area (TPSA) is 107 Å². The molecule has 0 aromatic heterocycles. The highest BCUT2D eigenvalue weighted by Crippen LogP contribution is 2.61. The molecule has 2 saturated heterocycles. The second-order valence-electron chi connectivity index (χ2n) is 12.2. The standard InChI is InChI=1S/C30H38O7/c1-15-10-26-23(9-8-20(15)7-6-17(3)31)29(28(34)37-26)13-21-12-22-18(4)27(33)36-25(22)11-16(2)30(21,35)14-24(29)19(5)32/h8,14-16,21-23,25-26,35H,4,6-7,9-13H2,1-3,5H3. The van der Waals surface area contributed by atoms with Gasteiger partial charge < -0.3 is 19.4 Å². The van der Waals surface area contributed by atoms with Crippen molar-refractivity contribution in [2.75, 3.05) is 0 Å². The largest absolute Gasteiger partial charge is 0.461 e. The van der Waals surface area contributed by atoms with Crippen LogP contribution >= 0.6 is 0 Å². The van der Waals surface area contributed by atoms with E-state index in [1.807, 2.05) is 6.92 Å². The number of carbonyl (C=O) groups is 4. The van der Waals surface area contributed by atoms with Gasteiger partial charge in [-0.05, 0) is 76.2 Å². The summed E-state index contributed by atoms with van der Waals surface area (Å²) >= 11 is 0. The highest BCUT2D eigenvalue weighted by atomic mass is 16.6. The first-order valence-electron chi connectivity index (χ1n) is 13.6. The van der Waals surface area contributed by atoms with Crippen molar-refractivity contribution in [2.24, 2.45) is 35.0 Å². The number of hydrogen-bond acceptors (Lipinski definition) is 7. The Hall–Kier alpha value is -2.54. The third kappa shape index (κ3) is 3.96. The summed E-state index contributed by atoms with van der Waals surface area (Å²) in [5.74, 6) is -1.80. The van der Waals surface area contributed by atoms with Crippen molar-refractivity contribution in [3.8, 4) is 0 Å². The van der Waals surface area contributed by atoms with Gasteiger partial charge in [-0.3, -0.25) is 9.59 Å². The zero-order chi connectivity index (χ0) is 26.9. The zero-order valence-corrected chi connectivity index (χ0v) is 22.2. The Kier molecular flexibility index (Phi) is 6.37. The number of ether oxygens (including phenoxy) is 2. The van der Waals surface area contributed by atoms with Crippen molar-refractivity contribution in [3.63, 3.8) is 0 Å². The lowest BCUT2D eigenvalue weighted by Gasteiger charge is -2.48. The molecule has 5 rings (SSSR count). The fourth-order valence-corrected chi connectivity index (χ4v) is 7.95. The Bertz CT molecular complexity index is 1130. The molecule has 5 aliphatic rings. The van der Waals surface area contributed by atoms with Crippen LogP contribution in [0.5, 0.6) is 0 Å². The van der Waals surface area contributed by atoms with Crippen LogP contribution in [0.3, 0.4) is 0 Å². The molecule has 0 aromatic carbocycles. The maximum Gasteiger partial charge on any atom is 0.334 e. The van der Waals surface area contributed by atoms with Crippen LogP contribution in [-0.2, 0) is 28.7 Å². The molecule has 1 saturated carbocycles. The summed E-state index contributed by atoms with van der Waals surface area (Å²) in [6.45, 7) is 11.0. The van der Waals surface area contributed by atoms with Crippen LogP contribution < -0.4 is 0 Å². The Labute approximate surface area is 218 Å². The molecule has 3 fully saturated rings. The van der Waals surface area contributed by atoms with Crippen LogP contribution in [0.1, 0.15) is 72.6 Å². The molecule has 7 heteroatoms. The van der Waals surface area contributed by atoms with Gasteiger partial charge in [-0.1, -0.05) is 32.1 Å².